The van der Waals surface area contributed by atoms with Gasteiger partial charge < -0.3 is 4.90 Å². The Morgan fingerprint density at radius 2 is 1.95 bits per heavy atom. The Kier molecular flexibility index (Phi) is 5.47. The molecule has 1 aliphatic heterocycles. The van der Waals surface area contributed by atoms with Crippen LogP contribution >= 0.6 is 0 Å². The molecule has 1 heterocycles. The minimum Gasteiger partial charge on any atom is -0.335 e. The number of hydrogen-bond acceptors (Lipinski definition) is 3. The summed E-state index contributed by atoms with van der Waals surface area (Å²) in [4.78, 5) is 14.3. The van der Waals surface area contributed by atoms with Gasteiger partial charge in [0.1, 0.15) is 0 Å². The number of sulfone groups is 1. The normalized spacial score (nSPS) is 28.4. The minimum atomic E-state index is -2.95. The molecule has 5 heteroatoms. The standard InChI is InChI=1S/C16H27NO3S/c1-3-9-17(15-8-10-21(19,20)12-15)16(18)11-14-6-4-13(2)5-7-14/h11,13,15H,3-10,12H2,1-2H3/t13?,15-/m1/s1. The summed E-state index contributed by atoms with van der Waals surface area (Å²) in [5, 5.41) is 0. The van der Waals surface area contributed by atoms with Gasteiger partial charge in [-0.25, -0.2) is 8.42 Å². The van der Waals surface area contributed by atoms with Gasteiger partial charge in [-0.05, 0) is 44.4 Å². The third-order valence-corrected chi connectivity index (χ3v) is 6.39. The molecule has 2 rings (SSSR count). The van der Waals surface area contributed by atoms with Gasteiger partial charge in [0, 0.05) is 18.7 Å². The first-order valence-electron chi connectivity index (χ1n) is 8.11. The number of allylic oxidation sites excluding steroid dienone is 1. The van der Waals surface area contributed by atoms with E-state index in [1.807, 2.05) is 6.92 Å². The van der Waals surface area contributed by atoms with Crippen molar-refractivity contribution < 1.29 is 13.2 Å². The fourth-order valence-electron chi connectivity index (χ4n) is 3.27. The van der Waals surface area contributed by atoms with Gasteiger partial charge >= 0.3 is 0 Å². The smallest absolute Gasteiger partial charge is 0.246 e. The van der Waals surface area contributed by atoms with Crippen LogP contribution in [0.25, 0.3) is 0 Å². The molecule has 1 amide bonds. The lowest BCUT2D eigenvalue weighted by Crippen LogP contribution is -2.41. The van der Waals surface area contributed by atoms with Crippen molar-refractivity contribution in [2.75, 3.05) is 18.1 Å². The number of hydrogen-bond donors (Lipinski definition) is 0. The Morgan fingerprint density at radius 1 is 1.29 bits per heavy atom. The number of rotatable bonds is 4. The van der Waals surface area contributed by atoms with Gasteiger partial charge in [-0.2, -0.15) is 0 Å². The Morgan fingerprint density at radius 3 is 2.48 bits per heavy atom. The molecular formula is C16H27NO3S. The highest BCUT2D eigenvalue weighted by atomic mass is 32.2. The van der Waals surface area contributed by atoms with E-state index in [-0.39, 0.29) is 23.5 Å². The Labute approximate surface area is 128 Å². The highest BCUT2D eigenvalue weighted by Gasteiger charge is 2.33. The van der Waals surface area contributed by atoms with Crippen molar-refractivity contribution in [3.8, 4) is 0 Å². The molecule has 0 aromatic rings. The second-order valence-corrected chi connectivity index (χ2v) is 8.80. The maximum atomic E-state index is 12.5. The molecule has 0 bridgehead atoms. The topological polar surface area (TPSA) is 54.5 Å². The summed E-state index contributed by atoms with van der Waals surface area (Å²) >= 11 is 0. The van der Waals surface area contributed by atoms with Crippen LogP contribution in [0.4, 0.5) is 0 Å². The van der Waals surface area contributed by atoms with Crippen LogP contribution in [0.5, 0.6) is 0 Å². The third-order valence-electron chi connectivity index (χ3n) is 4.64. The van der Waals surface area contributed by atoms with Crippen LogP contribution in [0, 0.1) is 5.92 Å². The first-order valence-corrected chi connectivity index (χ1v) is 9.94. The molecular weight excluding hydrogens is 286 g/mol. The van der Waals surface area contributed by atoms with E-state index in [1.54, 1.807) is 11.0 Å². The van der Waals surface area contributed by atoms with E-state index in [9.17, 15) is 13.2 Å². The molecule has 1 atom stereocenters. The maximum Gasteiger partial charge on any atom is 0.246 e. The molecule has 2 aliphatic rings. The molecule has 0 spiro atoms. The van der Waals surface area contributed by atoms with Crippen LogP contribution in [-0.4, -0.2) is 43.3 Å². The monoisotopic (exact) mass is 313 g/mol. The van der Waals surface area contributed by atoms with Gasteiger partial charge in [-0.3, -0.25) is 4.79 Å². The fraction of sp³-hybridized carbons (Fsp3) is 0.812. The fourth-order valence-corrected chi connectivity index (χ4v) is 5.00. The highest BCUT2D eigenvalue weighted by Crippen LogP contribution is 2.28. The lowest BCUT2D eigenvalue weighted by Gasteiger charge is -2.28. The first kappa shape index (κ1) is 16.5. The van der Waals surface area contributed by atoms with Crippen LogP contribution in [0.3, 0.4) is 0 Å². The Hall–Kier alpha value is -0.840. The van der Waals surface area contributed by atoms with Gasteiger partial charge in [-0.15, -0.1) is 0 Å². The molecule has 1 saturated carbocycles. The van der Waals surface area contributed by atoms with E-state index < -0.39 is 9.84 Å². The molecule has 1 aliphatic carbocycles. The van der Waals surface area contributed by atoms with Crippen LogP contribution in [0.2, 0.25) is 0 Å². The summed E-state index contributed by atoms with van der Waals surface area (Å²) in [6.45, 7) is 4.93. The summed E-state index contributed by atoms with van der Waals surface area (Å²) in [7, 11) is -2.95. The molecule has 4 nitrogen and oxygen atoms in total. The lowest BCUT2D eigenvalue weighted by atomic mass is 9.87. The zero-order valence-electron chi connectivity index (χ0n) is 13.2. The van der Waals surface area contributed by atoms with Crippen molar-refractivity contribution in [2.24, 2.45) is 5.92 Å². The van der Waals surface area contributed by atoms with Crippen molar-refractivity contribution in [3.63, 3.8) is 0 Å². The number of carbonyl (C=O) groups excluding carboxylic acids is 1. The largest absolute Gasteiger partial charge is 0.335 e. The summed E-state index contributed by atoms with van der Waals surface area (Å²) in [6.07, 6.45) is 7.57. The van der Waals surface area contributed by atoms with Gasteiger partial charge in [0.05, 0.1) is 11.5 Å². The van der Waals surface area contributed by atoms with Crippen LogP contribution in [-0.2, 0) is 14.6 Å². The molecule has 0 N–H and O–H groups in total. The van der Waals surface area contributed by atoms with E-state index in [1.165, 1.54) is 5.57 Å². The summed E-state index contributed by atoms with van der Waals surface area (Å²) in [6, 6.07) is -0.123. The van der Waals surface area contributed by atoms with Gasteiger partial charge in [0.15, 0.2) is 9.84 Å². The molecule has 0 radical (unpaired) electrons. The van der Waals surface area contributed by atoms with E-state index >= 15 is 0 Å². The molecule has 1 saturated heterocycles. The van der Waals surface area contributed by atoms with E-state index in [2.05, 4.69) is 6.92 Å². The number of nitrogens with zero attached hydrogens (tertiary/aromatic N) is 1. The van der Waals surface area contributed by atoms with Crippen LogP contribution in [0.1, 0.15) is 52.4 Å². The Balaban J connectivity index is 2.04. The highest BCUT2D eigenvalue weighted by molar-refractivity contribution is 7.91. The van der Waals surface area contributed by atoms with E-state index in [4.69, 9.17) is 0 Å². The Bertz CT molecular complexity index is 500. The second kappa shape index (κ2) is 6.95. The summed E-state index contributed by atoms with van der Waals surface area (Å²) < 4.78 is 23.3. The average molecular weight is 313 g/mol. The van der Waals surface area contributed by atoms with Crippen molar-refractivity contribution in [3.05, 3.63) is 11.6 Å². The van der Waals surface area contributed by atoms with E-state index in [0.717, 1.165) is 38.0 Å². The van der Waals surface area contributed by atoms with Crippen molar-refractivity contribution in [1.82, 2.24) is 4.90 Å². The number of amides is 1. The SMILES string of the molecule is CCCN(C(=O)C=C1CCC(C)CC1)[C@@H]1CCS(=O)(=O)C1. The van der Waals surface area contributed by atoms with Crippen LogP contribution in [0.15, 0.2) is 11.6 Å². The predicted octanol–water partition coefficient (Wildman–Crippen LogP) is 2.55. The van der Waals surface area contributed by atoms with Gasteiger partial charge in [0.2, 0.25) is 5.91 Å². The summed E-state index contributed by atoms with van der Waals surface area (Å²) in [5.41, 5.74) is 1.24. The first-order chi connectivity index (χ1) is 9.91. The van der Waals surface area contributed by atoms with Crippen LogP contribution < -0.4 is 0 Å². The molecule has 0 unspecified atom stereocenters. The number of carbonyl (C=O) groups is 1. The van der Waals surface area contributed by atoms with Crippen molar-refractivity contribution in [1.29, 1.82) is 0 Å². The minimum absolute atomic E-state index is 0.0171. The third kappa shape index (κ3) is 4.56. The van der Waals surface area contributed by atoms with E-state index in [0.29, 0.717) is 13.0 Å². The summed E-state index contributed by atoms with van der Waals surface area (Å²) in [5.74, 6) is 1.13. The van der Waals surface area contributed by atoms with Gasteiger partial charge in [0.25, 0.3) is 0 Å². The molecule has 120 valence electrons. The maximum absolute atomic E-state index is 12.5. The molecule has 2 fully saturated rings. The van der Waals surface area contributed by atoms with Gasteiger partial charge in [-0.1, -0.05) is 19.4 Å². The zero-order chi connectivity index (χ0) is 15.5. The predicted molar refractivity (Wildman–Crippen MR) is 84.8 cm³/mol. The molecule has 21 heavy (non-hydrogen) atoms. The van der Waals surface area contributed by atoms with Crippen molar-refractivity contribution >= 4 is 15.7 Å². The molecule has 0 aromatic carbocycles. The quantitative estimate of drug-likeness (QED) is 0.750. The average Bonchev–Trinajstić information content (AvgIpc) is 2.78. The van der Waals surface area contributed by atoms with Crippen molar-refractivity contribution in [2.45, 2.75) is 58.4 Å². The second-order valence-electron chi connectivity index (χ2n) is 6.57. The zero-order valence-corrected chi connectivity index (χ0v) is 14.0. The lowest BCUT2D eigenvalue weighted by molar-refractivity contribution is -0.127. The molecule has 0 aromatic heterocycles.